The van der Waals surface area contributed by atoms with Gasteiger partial charge in [0.2, 0.25) is 0 Å². The number of aliphatic imine (C=N–C) groups is 1. The standard InChI is InChI=1S/C24H40N4O3.HI/c1-2-25-24(26-11-3-14-30-18-22-10-15-31-19-22)27-16-20-4-6-23(7-5-20)28-12-8-21(17-29)9-13-28;/h4-7,21-22,29H,2-3,8-19H2,1H3,(H2,25,26,27);1H. The van der Waals surface area contributed by atoms with Gasteiger partial charge in [0.15, 0.2) is 5.96 Å². The highest BCUT2D eigenvalue weighted by Crippen LogP contribution is 2.23. The Morgan fingerprint density at radius 2 is 1.94 bits per heavy atom. The first kappa shape index (κ1) is 27.1. The number of benzene rings is 1. The maximum absolute atomic E-state index is 9.31. The number of hydrogen-bond acceptors (Lipinski definition) is 5. The average Bonchev–Trinajstić information content (AvgIpc) is 3.33. The Morgan fingerprint density at radius 1 is 1.16 bits per heavy atom. The average molecular weight is 561 g/mol. The summed E-state index contributed by atoms with van der Waals surface area (Å²) in [5, 5.41) is 16.0. The van der Waals surface area contributed by atoms with Crippen LogP contribution in [0.1, 0.15) is 38.2 Å². The van der Waals surface area contributed by atoms with E-state index in [0.717, 1.165) is 84.2 Å². The molecule has 1 unspecified atom stereocenters. The highest BCUT2D eigenvalue weighted by Gasteiger charge is 2.18. The third-order valence-electron chi connectivity index (χ3n) is 6.07. The van der Waals surface area contributed by atoms with Gasteiger partial charge in [-0.3, -0.25) is 0 Å². The molecule has 3 N–H and O–H groups in total. The molecule has 0 aliphatic carbocycles. The molecule has 3 rings (SSSR count). The Balaban J connectivity index is 0.00000363. The lowest BCUT2D eigenvalue weighted by atomic mass is 9.97. The highest BCUT2D eigenvalue weighted by molar-refractivity contribution is 14.0. The van der Waals surface area contributed by atoms with Crippen LogP contribution in [0.2, 0.25) is 0 Å². The number of piperidine rings is 1. The van der Waals surface area contributed by atoms with E-state index in [1.54, 1.807) is 0 Å². The van der Waals surface area contributed by atoms with E-state index in [1.807, 2.05) is 0 Å². The molecule has 0 aromatic heterocycles. The van der Waals surface area contributed by atoms with Gasteiger partial charge >= 0.3 is 0 Å². The van der Waals surface area contributed by atoms with E-state index in [4.69, 9.17) is 14.5 Å². The fourth-order valence-electron chi connectivity index (χ4n) is 4.04. The van der Waals surface area contributed by atoms with Crippen molar-refractivity contribution in [2.75, 3.05) is 64.1 Å². The van der Waals surface area contributed by atoms with Crippen molar-refractivity contribution in [3.8, 4) is 0 Å². The number of ether oxygens (including phenoxy) is 2. The minimum Gasteiger partial charge on any atom is -0.396 e. The number of hydrogen-bond donors (Lipinski definition) is 3. The molecule has 8 heteroatoms. The van der Waals surface area contributed by atoms with Crippen LogP contribution in [0, 0.1) is 11.8 Å². The second-order valence-electron chi connectivity index (χ2n) is 8.56. The van der Waals surface area contributed by atoms with Gasteiger partial charge < -0.3 is 30.1 Å². The summed E-state index contributed by atoms with van der Waals surface area (Å²) in [5.41, 5.74) is 2.46. The number of nitrogens with zero attached hydrogens (tertiary/aromatic N) is 2. The number of guanidine groups is 1. The van der Waals surface area contributed by atoms with Crippen molar-refractivity contribution in [3.63, 3.8) is 0 Å². The molecule has 2 saturated heterocycles. The van der Waals surface area contributed by atoms with Gasteiger partial charge in [0.05, 0.1) is 19.8 Å². The van der Waals surface area contributed by atoms with Crippen LogP contribution in [0.15, 0.2) is 29.3 Å². The molecule has 0 bridgehead atoms. The third-order valence-corrected chi connectivity index (χ3v) is 6.07. The van der Waals surface area contributed by atoms with Gasteiger partial charge in [-0.1, -0.05) is 12.1 Å². The summed E-state index contributed by atoms with van der Waals surface area (Å²) in [5.74, 6) is 1.89. The van der Waals surface area contributed by atoms with E-state index < -0.39 is 0 Å². The number of aliphatic hydroxyl groups is 1. The number of rotatable bonds is 11. The first-order valence-electron chi connectivity index (χ1n) is 11.9. The summed E-state index contributed by atoms with van der Waals surface area (Å²) in [7, 11) is 0. The third kappa shape index (κ3) is 9.41. The number of nitrogens with one attached hydrogen (secondary N) is 2. The van der Waals surface area contributed by atoms with Crippen molar-refractivity contribution in [2.24, 2.45) is 16.8 Å². The van der Waals surface area contributed by atoms with Gasteiger partial charge in [-0.25, -0.2) is 4.99 Å². The van der Waals surface area contributed by atoms with Crippen LogP contribution in [0.3, 0.4) is 0 Å². The topological polar surface area (TPSA) is 78.4 Å². The molecule has 0 spiro atoms. The lowest BCUT2D eigenvalue weighted by Gasteiger charge is -2.32. The lowest BCUT2D eigenvalue weighted by Crippen LogP contribution is -2.38. The van der Waals surface area contributed by atoms with Crippen molar-refractivity contribution >= 4 is 35.6 Å². The van der Waals surface area contributed by atoms with Crippen LogP contribution in [0.4, 0.5) is 5.69 Å². The summed E-state index contributed by atoms with van der Waals surface area (Å²) in [4.78, 5) is 7.13. The van der Waals surface area contributed by atoms with Crippen LogP contribution in [-0.2, 0) is 16.0 Å². The summed E-state index contributed by atoms with van der Waals surface area (Å²) in [6.07, 6.45) is 4.22. The Kier molecular flexibility index (Phi) is 13.3. The van der Waals surface area contributed by atoms with Crippen molar-refractivity contribution in [1.29, 1.82) is 0 Å². The summed E-state index contributed by atoms with van der Waals surface area (Å²) < 4.78 is 11.1. The predicted molar refractivity (Wildman–Crippen MR) is 141 cm³/mol. The minimum atomic E-state index is 0. The number of anilines is 1. The Morgan fingerprint density at radius 3 is 2.59 bits per heavy atom. The van der Waals surface area contributed by atoms with Crippen LogP contribution in [0.25, 0.3) is 0 Å². The SMILES string of the molecule is CCNC(=NCc1ccc(N2CCC(CO)CC2)cc1)NCCCOCC1CCOC1.I. The molecule has 1 atom stereocenters. The Bertz CT molecular complexity index is 645. The van der Waals surface area contributed by atoms with Crippen molar-refractivity contribution < 1.29 is 14.6 Å². The van der Waals surface area contributed by atoms with Crippen molar-refractivity contribution in [1.82, 2.24) is 10.6 Å². The van der Waals surface area contributed by atoms with Crippen LogP contribution >= 0.6 is 24.0 Å². The molecule has 0 amide bonds. The Labute approximate surface area is 210 Å². The molecule has 0 radical (unpaired) electrons. The number of aliphatic hydroxyl groups excluding tert-OH is 1. The molecular weight excluding hydrogens is 519 g/mol. The molecule has 2 fully saturated rings. The lowest BCUT2D eigenvalue weighted by molar-refractivity contribution is 0.0888. The summed E-state index contributed by atoms with van der Waals surface area (Å²) in [6, 6.07) is 8.72. The molecule has 2 aliphatic rings. The van der Waals surface area contributed by atoms with Gasteiger partial charge in [-0.2, -0.15) is 0 Å². The largest absolute Gasteiger partial charge is 0.396 e. The number of halogens is 1. The Hall–Kier alpha value is -1.10. The quantitative estimate of drug-likeness (QED) is 0.167. The molecule has 0 saturated carbocycles. The molecule has 182 valence electrons. The molecule has 1 aromatic carbocycles. The normalized spacial score (nSPS) is 19.6. The van der Waals surface area contributed by atoms with Gasteiger partial charge in [-0.05, 0) is 56.2 Å². The molecule has 2 aliphatic heterocycles. The van der Waals surface area contributed by atoms with Crippen LogP contribution in [0.5, 0.6) is 0 Å². The van der Waals surface area contributed by atoms with Crippen molar-refractivity contribution in [2.45, 2.75) is 39.2 Å². The monoisotopic (exact) mass is 560 g/mol. The summed E-state index contributed by atoms with van der Waals surface area (Å²) >= 11 is 0. The smallest absolute Gasteiger partial charge is 0.191 e. The van der Waals surface area contributed by atoms with Crippen molar-refractivity contribution in [3.05, 3.63) is 29.8 Å². The zero-order valence-electron chi connectivity index (χ0n) is 19.4. The fourth-order valence-corrected chi connectivity index (χ4v) is 4.04. The maximum atomic E-state index is 9.31. The molecule has 1 aromatic rings. The first-order chi connectivity index (χ1) is 15.3. The van der Waals surface area contributed by atoms with E-state index in [1.165, 1.54) is 11.3 Å². The maximum Gasteiger partial charge on any atom is 0.191 e. The second-order valence-corrected chi connectivity index (χ2v) is 8.56. The zero-order valence-corrected chi connectivity index (χ0v) is 21.8. The highest BCUT2D eigenvalue weighted by atomic mass is 127. The van der Waals surface area contributed by atoms with Gasteiger partial charge in [0, 0.05) is 57.6 Å². The van der Waals surface area contributed by atoms with E-state index in [2.05, 4.69) is 46.7 Å². The van der Waals surface area contributed by atoms with Gasteiger partial charge in [0.1, 0.15) is 0 Å². The fraction of sp³-hybridized carbons (Fsp3) is 0.708. The van der Waals surface area contributed by atoms with E-state index >= 15 is 0 Å². The molecule has 32 heavy (non-hydrogen) atoms. The van der Waals surface area contributed by atoms with Crippen LogP contribution < -0.4 is 15.5 Å². The van der Waals surface area contributed by atoms with Gasteiger partial charge in [-0.15, -0.1) is 24.0 Å². The van der Waals surface area contributed by atoms with Crippen LogP contribution in [-0.4, -0.2) is 70.3 Å². The van der Waals surface area contributed by atoms with E-state index in [-0.39, 0.29) is 24.0 Å². The second kappa shape index (κ2) is 15.7. The van der Waals surface area contributed by atoms with Gasteiger partial charge in [0.25, 0.3) is 0 Å². The summed E-state index contributed by atoms with van der Waals surface area (Å²) in [6.45, 7) is 10.1. The first-order valence-corrected chi connectivity index (χ1v) is 11.9. The predicted octanol–water partition coefficient (Wildman–Crippen LogP) is 3.01. The molecule has 7 nitrogen and oxygen atoms in total. The molecular formula is C24H41IN4O3. The van der Waals surface area contributed by atoms with E-state index in [0.29, 0.717) is 25.0 Å². The minimum absolute atomic E-state index is 0. The zero-order chi connectivity index (χ0) is 21.7. The molecule has 2 heterocycles. The van der Waals surface area contributed by atoms with E-state index in [9.17, 15) is 5.11 Å².